The molecule has 1 amide bonds. The second-order valence-corrected chi connectivity index (χ2v) is 8.88. The number of carbonyl (C=O) groups is 2. The minimum absolute atomic E-state index is 0.0558. The largest absolute Gasteiger partial charge is 0.507 e. The third-order valence-electron chi connectivity index (χ3n) is 6.49. The summed E-state index contributed by atoms with van der Waals surface area (Å²) in [6, 6.07) is 11.9. The van der Waals surface area contributed by atoms with Crippen molar-refractivity contribution in [2.75, 3.05) is 13.7 Å². The lowest BCUT2D eigenvalue weighted by molar-refractivity contribution is -0.139. The maximum atomic E-state index is 13.3. The molecule has 8 heteroatoms. The molecule has 2 aliphatic heterocycles. The minimum Gasteiger partial charge on any atom is -0.507 e. The zero-order valence-electron chi connectivity index (χ0n) is 19.7. The van der Waals surface area contributed by atoms with Crippen molar-refractivity contribution in [1.82, 2.24) is 14.5 Å². The summed E-state index contributed by atoms with van der Waals surface area (Å²) in [6.45, 7) is 2.98. The second-order valence-electron chi connectivity index (χ2n) is 8.88. The van der Waals surface area contributed by atoms with Crippen molar-refractivity contribution in [3.8, 4) is 11.5 Å². The Morgan fingerprint density at radius 3 is 2.83 bits per heavy atom. The van der Waals surface area contributed by atoms with Gasteiger partial charge < -0.3 is 24.0 Å². The van der Waals surface area contributed by atoms with Crippen LogP contribution in [-0.4, -0.2) is 51.0 Å². The summed E-state index contributed by atoms with van der Waals surface area (Å²) >= 11 is 0. The van der Waals surface area contributed by atoms with Crippen LogP contribution >= 0.6 is 0 Å². The summed E-state index contributed by atoms with van der Waals surface area (Å²) in [4.78, 5) is 32.0. The first-order valence-corrected chi connectivity index (χ1v) is 11.6. The van der Waals surface area contributed by atoms with Gasteiger partial charge >= 0.3 is 0 Å². The average Bonchev–Trinajstić information content (AvgIpc) is 3.57. The Labute approximate surface area is 203 Å². The lowest BCUT2D eigenvalue weighted by Gasteiger charge is -2.25. The lowest BCUT2D eigenvalue weighted by atomic mass is 9.94. The van der Waals surface area contributed by atoms with Gasteiger partial charge in [-0.05, 0) is 54.8 Å². The van der Waals surface area contributed by atoms with Gasteiger partial charge in [0, 0.05) is 37.5 Å². The molecule has 2 aliphatic rings. The van der Waals surface area contributed by atoms with E-state index in [1.54, 1.807) is 43.9 Å². The van der Waals surface area contributed by atoms with Crippen molar-refractivity contribution in [3.05, 3.63) is 83.4 Å². The number of rotatable bonds is 7. The molecule has 5 rings (SSSR count). The van der Waals surface area contributed by atoms with Crippen LogP contribution in [0.15, 0.2) is 66.8 Å². The van der Waals surface area contributed by atoms with E-state index in [0.29, 0.717) is 36.4 Å². The number of aryl methyl sites for hydroxylation is 1. The SMILES string of the molecule is COc1cccc(C2C(=C(O)c3ccc4c(c3)CC(C)O4)C(=O)C(=O)N2CCCn2ccnc2)c1. The zero-order valence-corrected chi connectivity index (χ0v) is 19.7. The average molecular weight is 474 g/mol. The number of ketones is 1. The molecular formula is C27H27N3O5. The van der Waals surface area contributed by atoms with Gasteiger partial charge in [-0.15, -0.1) is 0 Å². The lowest BCUT2D eigenvalue weighted by Crippen LogP contribution is -2.31. The number of methoxy groups -OCH3 is 1. The number of imidazole rings is 1. The molecule has 0 spiro atoms. The van der Waals surface area contributed by atoms with Crippen LogP contribution in [0.3, 0.4) is 0 Å². The highest BCUT2D eigenvalue weighted by Crippen LogP contribution is 2.41. The maximum absolute atomic E-state index is 13.3. The molecule has 3 heterocycles. The highest BCUT2D eigenvalue weighted by atomic mass is 16.5. The van der Waals surface area contributed by atoms with Crippen molar-refractivity contribution >= 4 is 17.4 Å². The van der Waals surface area contributed by atoms with Crippen LogP contribution in [-0.2, 0) is 22.6 Å². The number of benzene rings is 2. The molecule has 0 saturated carbocycles. The molecule has 1 aromatic heterocycles. The van der Waals surface area contributed by atoms with E-state index in [2.05, 4.69) is 4.98 Å². The Hall–Kier alpha value is -4.07. The van der Waals surface area contributed by atoms with Gasteiger partial charge in [0.15, 0.2) is 0 Å². The minimum atomic E-state index is -0.726. The molecule has 1 saturated heterocycles. The van der Waals surface area contributed by atoms with E-state index in [1.165, 1.54) is 4.90 Å². The summed E-state index contributed by atoms with van der Waals surface area (Å²) in [5.41, 5.74) is 2.24. The van der Waals surface area contributed by atoms with Crippen LogP contribution in [0.1, 0.15) is 36.1 Å². The van der Waals surface area contributed by atoms with Gasteiger partial charge in [-0.1, -0.05) is 12.1 Å². The van der Waals surface area contributed by atoms with Gasteiger partial charge in [-0.3, -0.25) is 9.59 Å². The van der Waals surface area contributed by atoms with E-state index < -0.39 is 17.7 Å². The summed E-state index contributed by atoms with van der Waals surface area (Å²) in [7, 11) is 1.56. The smallest absolute Gasteiger partial charge is 0.295 e. The zero-order chi connectivity index (χ0) is 24.5. The number of Topliss-reactive ketones (excluding diaryl/α,β-unsaturated/α-hetero) is 1. The van der Waals surface area contributed by atoms with E-state index in [9.17, 15) is 14.7 Å². The molecule has 0 radical (unpaired) electrons. The van der Waals surface area contributed by atoms with Crippen LogP contribution in [0.5, 0.6) is 11.5 Å². The molecule has 0 bridgehead atoms. The summed E-state index contributed by atoms with van der Waals surface area (Å²) in [5.74, 6) is -0.115. The molecule has 1 fully saturated rings. The number of aliphatic hydroxyl groups is 1. The summed E-state index contributed by atoms with van der Waals surface area (Å²) < 4.78 is 13.1. The van der Waals surface area contributed by atoms with Gasteiger partial charge in [0.25, 0.3) is 11.7 Å². The Morgan fingerprint density at radius 1 is 1.20 bits per heavy atom. The fourth-order valence-corrected chi connectivity index (χ4v) is 4.84. The fourth-order valence-electron chi connectivity index (χ4n) is 4.84. The number of aliphatic hydroxyl groups excluding tert-OH is 1. The molecule has 2 atom stereocenters. The molecule has 8 nitrogen and oxygen atoms in total. The third-order valence-corrected chi connectivity index (χ3v) is 6.49. The predicted octanol–water partition coefficient (Wildman–Crippen LogP) is 3.73. The molecule has 1 N–H and O–H groups in total. The Bertz CT molecular complexity index is 1300. The van der Waals surface area contributed by atoms with Crippen LogP contribution < -0.4 is 9.47 Å². The number of hydrogen-bond donors (Lipinski definition) is 1. The Kier molecular flexibility index (Phi) is 6.03. The molecule has 2 unspecified atom stereocenters. The summed E-state index contributed by atoms with van der Waals surface area (Å²) in [5, 5.41) is 11.4. The highest BCUT2D eigenvalue weighted by Gasteiger charge is 2.46. The number of amides is 1. The monoisotopic (exact) mass is 473 g/mol. The number of ether oxygens (including phenoxy) is 2. The number of likely N-dealkylation sites (tertiary alicyclic amines) is 1. The van der Waals surface area contributed by atoms with Gasteiger partial charge in [0.05, 0.1) is 25.1 Å². The molecule has 180 valence electrons. The van der Waals surface area contributed by atoms with Crippen molar-refractivity contribution < 1.29 is 24.2 Å². The number of nitrogens with zero attached hydrogens (tertiary/aromatic N) is 3. The van der Waals surface area contributed by atoms with Crippen LogP contribution in [0, 0.1) is 0 Å². The maximum Gasteiger partial charge on any atom is 0.295 e. The first kappa shape index (κ1) is 22.7. The number of carbonyl (C=O) groups excluding carboxylic acids is 2. The van der Waals surface area contributed by atoms with Crippen LogP contribution in [0.2, 0.25) is 0 Å². The van der Waals surface area contributed by atoms with E-state index in [0.717, 1.165) is 17.7 Å². The normalized spacial score (nSPS) is 20.7. The van der Waals surface area contributed by atoms with Crippen molar-refractivity contribution in [1.29, 1.82) is 0 Å². The first-order chi connectivity index (χ1) is 17.0. The van der Waals surface area contributed by atoms with Crippen LogP contribution in [0.4, 0.5) is 0 Å². The number of aromatic nitrogens is 2. The first-order valence-electron chi connectivity index (χ1n) is 11.6. The van der Waals surface area contributed by atoms with Gasteiger partial charge in [-0.25, -0.2) is 4.98 Å². The van der Waals surface area contributed by atoms with E-state index >= 15 is 0 Å². The highest BCUT2D eigenvalue weighted by molar-refractivity contribution is 6.46. The Balaban J connectivity index is 1.54. The third kappa shape index (κ3) is 4.27. The Morgan fingerprint density at radius 2 is 2.06 bits per heavy atom. The quantitative estimate of drug-likeness (QED) is 0.319. The second kappa shape index (κ2) is 9.29. The molecule has 2 aromatic carbocycles. The van der Waals surface area contributed by atoms with Gasteiger partial charge in [0.2, 0.25) is 0 Å². The topological polar surface area (TPSA) is 93.9 Å². The summed E-state index contributed by atoms with van der Waals surface area (Å²) in [6.07, 6.45) is 6.67. The number of hydrogen-bond acceptors (Lipinski definition) is 6. The number of fused-ring (bicyclic) bond motifs is 1. The fraction of sp³-hybridized carbons (Fsp3) is 0.296. The van der Waals surface area contributed by atoms with Gasteiger partial charge in [-0.2, -0.15) is 0 Å². The van der Waals surface area contributed by atoms with Crippen molar-refractivity contribution in [3.63, 3.8) is 0 Å². The van der Waals surface area contributed by atoms with E-state index in [1.807, 2.05) is 35.9 Å². The van der Waals surface area contributed by atoms with E-state index in [-0.39, 0.29) is 17.4 Å². The van der Waals surface area contributed by atoms with Crippen LogP contribution in [0.25, 0.3) is 5.76 Å². The molecule has 35 heavy (non-hydrogen) atoms. The standard InChI is InChI=1S/C27H27N3O5/c1-17-13-20-14-19(7-8-22(20)35-17)25(31)23-24(18-5-3-6-21(15-18)34-2)30(27(33)26(23)32)11-4-10-29-12-9-28-16-29/h3,5-9,12,14-17,24,31H,4,10-11,13H2,1-2H3. The van der Waals surface area contributed by atoms with Crippen molar-refractivity contribution in [2.24, 2.45) is 0 Å². The van der Waals surface area contributed by atoms with Gasteiger partial charge in [0.1, 0.15) is 23.4 Å². The van der Waals surface area contributed by atoms with E-state index in [4.69, 9.17) is 9.47 Å². The predicted molar refractivity (Wildman–Crippen MR) is 129 cm³/mol. The van der Waals surface area contributed by atoms with Crippen molar-refractivity contribution in [2.45, 2.75) is 38.5 Å². The molecule has 0 aliphatic carbocycles. The molecular weight excluding hydrogens is 446 g/mol. The molecule has 3 aromatic rings.